The van der Waals surface area contributed by atoms with Crippen LogP contribution in [-0.2, 0) is 37.3 Å². The number of rotatable bonds is 7. The highest BCUT2D eigenvalue weighted by atomic mass is 32.2. The number of hydrogen-bond acceptors (Lipinski definition) is 6. The predicted molar refractivity (Wildman–Crippen MR) is 107 cm³/mol. The molecule has 0 bridgehead atoms. The molecule has 0 aromatic heterocycles. The molecular formula is C20H30N2O6S. The molecule has 1 saturated heterocycles. The Bertz CT molecular complexity index is 855. The van der Waals surface area contributed by atoms with Crippen LogP contribution >= 0.6 is 0 Å². The Labute approximate surface area is 172 Å². The molecule has 1 amide bonds. The Kier molecular flexibility index (Phi) is 6.35. The van der Waals surface area contributed by atoms with Gasteiger partial charge in [-0.05, 0) is 42.9 Å². The van der Waals surface area contributed by atoms with Crippen molar-refractivity contribution in [1.29, 1.82) is 0 Å². The van der Waals surface area contributed by atoms with Crippen molar-refractivity contribution >= 4 is 16.4 Å². The summed E-state index contributed by atoms with van der Waals surface area (Å²) < 4.78 is 38.8. The van der Waals surface area contributed by atoms with Crippen LogP contribution in [0.2, 0.25) is 0 Å². The second-order valence-corrected chi connectivity index (χ2v) is 10.5. The van der Waals surface area contributed by atoms with Gasteiger partial charge in [0.2, 0.25) is 16.4 Å². The predicted octanol–water partition coefficient (Wildman–Crippen LogP) is 1.87. The quantitative estimate of drug-likeness (QED) is 0.406. The molecule has 0 radical (unpaired) electrons. The first kappa shape index (κ1) is 22.2. The molecule has 0 aliphatic carbocycles. The van der Waals surface area contributed by atoms with Gasteiger partial charge >= 0.3 is 0 Å². The highest BCUT2D eigenvalue weighted by Crippen LogP contribution is 2.29. The van der Waals surface area contributed by atoms with E-state index in [4.69, 9.17) is 9.47 Å². The number of fused-ring (bicyclic) bond motifs is 1. The molecule has 2 heterocycles. The standard InChI is InChI=1S/C20H30N2O6S/c1-14(2)15-5-6-17-10-21(8-7-16(17)9-15)29(25,26)12-18(22(24)13-23)19-11-27-20(3,4)28-19/h5-6,9,13-14,18-19,24H,7-8,10-12H2,1-4H3/t18?,19-/m1/s1. The van der Waals surface area contributed by atoms with Crippen LogP contribution in [0.3, 0.4) is 0 Å². The zero-order chi connectivity index (χ0) is 21.4. The van der Waals surface area contributed by atoms with Crippen molar-refractivity contribution in [2.24, 2.45) is 0 Å². The lowest BCUT2D eigenvalue weighted by Crippen LogP contribution is -2.50. The summed E-state index contributed by atoms with van der Waals surface area (Å²) in [6, 6.07) is 5.13. The van der Waals surface area contributed by atoms with Crippen LogP contribution in [0.15, 0.2) is 18.2 Å². The third-order valence-electron chi connectivity index (χ3n) is 5.56. The molecular weight excluding hydrogens is 396 g/mol. The molecule has 2 aliphatic rings. The number of ether oxygens (including phenoxy) is 2. The summed E-state index contributed by atoms with van der Waals surface area (Å²) in [5.41, 5.74) is 3.40. The molecule has 29 heavy (non-hydrogen) atoms. The van der Waals surface area contributed by atoms with Gasteiger partial charge in [-0.15, -0.1) is 0 Å². The molecule has 3 rings (SSSR count). The molecule has 1 aromatic carbocycles. The van der Waals surface area contributed by atoms with E-state index < -0.39 is 33.7 Å². The van der Waals surface area contributed by atoms with Crippen molar-refractivity contribution in [3.05, 3.63) is 34.9 Å². The van der Waals surface area contributed by atoms with Gasteiger partial charge in [0.15, 0.2) is 5.79 Å². The van der Waals surface area contributed by atoms with Gasteiger partial charge in [-0.3, -0.25) is 10.0 Å². The Balaban J connectivity index is 1.76. The summed E-state index contributed by atoms with van der Waals surface area (Å²) in [4.78, 5) is 11.1. The molecule has 1 unspecified atom stereocenters. The van der Waals surface area contributed by atoms with E-state index in [-0.39, 0.29) is 19.6 Å². The second kappa shape index (κ2) is 8.31. The number of sulfonamides is 1. The SMILES string of the molecule is CC(C)c1ccc2c(c1)CCN(S(=O)(=O)CC([C@H]1COC(C)(C)O1)N(O)C=O)C2. The van der Waals surface area contributed by atoms with Gasteiger partial charge in [0.1, 0.15) is 12.1 Å². The fraction of sp³-hybridized carbons (Fsp3) is 0.650. The van der Waals surface area contributed by atoms with Crippen molar-refractivity contribution in [2.75, 3.05) is 18.9 Å². The molecule has 8 nitrogen and oxygen atoms in total. The summed E-state index contributed by atoms with van der Waals surface area (Å²) >= 11 is 0. The Morgan fingerprint density at radius 3 is 2.66 bits per heavy atom. The minimum absolute atomic E-state index is 0.0961. The average molecular weight is 427 g/mol. The van der Waals surface area contributed by atoms with E-state index in [2.05, 4.69) is 19.9 Å². The highest BCUT2D eigenvalue weighted by Gasteiger charge is 2.43. The van der Waals surface area contributed by atoms with Crippen LogP contribution in [0.4, 0.5) is 0 Å². The van der Waals surface area contributed by atoms with Gasteiger partial charge in [-0.1, -0.05) is 32.0 Å². The summed E-state index contributed by atoms with van der Waals surface area (Å²) in [7, 11) is -3.74. The number of benzene rings is 1. The highest BCUT2D eigenvalue weighted by molar-refractivity contribution is 7.89. The van der Waals surface area contributed by atoms with Crippen LogP contribution in [0.25, 0.3) is 0 Å². The van der Waals surface area contributed by atoms with Crippen LogP contribution < -0.4 is 0 Å². The Morgan fingerprint density at radius 1 is 1.34 bits per heavy atom. The molecule has 1 N–H and O–H groups in total. The average Bonchev–Trinajstić information content (AvgIpc) is 3.04. The summed E-state index contributed by atoms with van der Waals surface area (Å²) in [5, 5.41) is 10.4. The normalized spacial score (nSPS) is 23.0. The fourth-order valence-electron chi connectivity index (χ4n) is 3.80. The first-order chi connectivity index (χ1) is 13.5. The van der Waals surface area contributed by atoms with E-state index in [1.54, 1.807) is 13.8 Å². The smallest absolute Gasteiger partial charge is 0.233 e. The third-order valence-corrected chi connectivity index (χ3v) is 7.42. The van der Waals surface area contributed by atoms with Gasteiger partial charge in [0.25, 0.3) is 0 Å². The molecule has 1 fully saturated rings. The van der Waals surface area contributed by atoms with E-state index in [1.807, 2.05) is 12.1 Å². The summed E-state index contributed by atoms with van der Waals surface area (Å²) in [6.45, 7) is 8.41. The molecule has 1 aromatic rings. The number of hydrogen-bond donors (Lipinski definition) is 1. The van der Waals surface area contributed by atoms with Crippen molar-refractivity contribution < 1.29 is 27.9 Å². The van der Waals surface area contributed by atoms with Crippen molar-refractivity contribution in [1.82, 2.24) is 9.37 Å². The van der Waals surface area contributed by atoms with E-state index in [1.165, 1.54) is 15.4 Å². The van der Waals surface area contributed by atoms with Crippen LogP contribution in [0.5, 0.6) is 0 Å². The zero-order valence-corrected chi connectivity index (χ0v) is 18.2. The molecule has 2 atom stereocenters. The summed E-state index contributed by atoms with van der Waals surface area (Å²) in [5.74, 6) is -0.917. The second-order valence-electron chi connectivity index (χ2n) is 8.46. The first-order valence-electron chi connectivity index (χ1n) is 9.86. The zero-order valence-electron chi connectivity index (χ0n) is 17.4. The van der Waals surface area contributed by atoms with Gasteiger partial charge in [0, 0.05) is 13.1 Å². The maximum absolute atomic E-state index is 13.1. The fourth-order valence-corrected chi connectivity index (χ4v) is 5.52. The van der Waals surface area contributed by atoms with Crippen LogP contribution in [0.1, 0.15) is 50.3 Å². The van der Waals surface area contributed by atoms with Gasteiger partial charge in [0.05, 0.1) is 12.4 Å². The maximum Gasteiger partial charge on any atom is 0.233 e. The van der Waals surface area contributed by atoms with Crippen molar-refractivity contribution in [3.8, 4) is 0 Å². The summed E-state index contributed by atoms with van der Waals surface area (Å²) in [6.07, 6.45) is 0.0980. The minimum atomic E-state index is -3.74. The van der Waals surface area contributed by atoms with Crippen molar-refractivity contribution in [2.45, 2.75) is 64.5 Å². The Hall–Kier alpha value is -1.52. The number of carbonyl (C=O) groups is 1. The molecule has 162 valence electrons. The number of amides is 1. The molecule has 0 spiro atoms. The first-order valence-corrected chi connectivity index (χ1v) is 11.5. The Morgan fingerprint density at radius 2 is 2.07 bits per heavy atom. The molecule has 9 heteroatoms. The lowest BCUT2D eigenvalue weighted by molar-refractivity contribution is -0.182. The van der Waals surface area contributed by atoms with Gasteiger partial charge in [-0.25, -0.2) is 13.5 Å². The van der Waals surface area contributed by atoms with Crippen LogP contribution in [0, 0.1) is 0 Å². The molecule has 2 aliphatic heterocycles. The largest absolute Gasteiger partial charge is 0.348 e. The van der Waals surface area contributed by atoms with E-state index >= 15 is 0 Å². The maximum atomic E-state index is 13.1. The van der Waals surface area contributed by atoms with Gasteiger partial charge < -0.3 is 9.47 Å². The number of nitrogens with zero attached hydrogens (tertiary/aromatic N) is 2. The van der Waals surface area contributed by atoms with Crippen LogP contribution in [-0.4, -0.2) is 66.2 Å². The topological polar surface area (TPSA) is 96.4 Å². The third kappa shape index (κ3) is 4.97. The lowest BCUT2D eigenvalue weighted by Gasteiger charge is -2.32. The van der Waals surface area contributed by atoms with E-state index in [9.17, 15) is 18.4 Å². The number of carbonyl (C=O) groups excluding carboxylic acids is 1. The molecule has 0 saturated carbocycles. The van der Waals surface area contributed by atoms with Gasteiger partial charge in [-0.2, -0.15) is 4.31 Å². The number of hydroxylamine groups is 2. The van der Waals surface area contributed by atoms with E-state index in [0.29, 0.717) is 23.9 Å². The lowest BCUT2D eigenvalue weighted by atomic mass is 9.94. The van der Waals surface area contributed by atoms with Crippen molar-refractivity contribution in [3.63, 3.8) is 0 Å². The minimum Gasteiger partial charge on any atom is -0.348 e. The monoisotopic (exact) mass is 426 g/mol. The van der Waals surface area contributed by atoms with E-state index in [0.717, 1.165) is 5.56 Å².